The summed E-state index contributed by atoms with van der Waals surface area (Å²) in [4.78, 5) is 4.45. The Balaban J connectivity index is 1.75. The van der Waals surface area contributed by atoms with Crippen LogP contribution in [0.2, 0.25) is 0 Å². The fourth-order valence-corrected chi connectivity index (χ4v) is 3.44. The molecule has 0 aromatic heterocycles. The minimum atomic E-state index is -0.772. The molecule has 112 valence electrons. The molecule has 2 aliphatic rings. The van der Waals surface area contributed by atoms with Crippen LogP contribution in [0, 0.1) is 28.4 Å². The van der Waals surface area contributed by atoms with Crippen LogP contribution in [0.15, 0.2) is 12.1 Å². The van der Waals surface area contributed by atoms with Crippen molar-refractivity contribution >= 4 is 5.69 Å². The zero-order chi connectivity index (χ0) is 15.2. The van der Waals surface area contributed by atoms with Gasteiger partial charge < -0.3 is 4.90 Å². The topological polar surface area (TPSA) is 30.3 Å². The number of hydrogen-bond donors (Lipinski definition) is 0. The number of anilines is 1. The fraction of sp³-hybridized carbons (Fsp3) is 0.562. The predicted molar refractivity (Wildman–Crippen MR) is 77.0 cm³/mol. The summed E-state index contributed by atoms with van der Waals surface area (Å²) < 4.78 is 27.4. The third kappa shape index (κ3) is 2.38. The molecule has 0 bridgehead atoms. The molecule has 2 saturated heterocycles. The van der Waals surface area contributed by atoms with Gasteiger partial charge >= 0.3 is 0 Å². The first-order chi connectivity index (χ1) is 9.94. The van der Waals surface area contributed by atoms with Crippen molar-refractivity contribution in [3.63, 3.8) is 0 Å². The van der Waals surface area contributed by atoms with Crippen LogP contribution in [0.4, 0.5) is 14.5 Å². The zero-order valence-corrected chi connectivity index (χ0v) is 12.4. The molecule has 5 heteroatoms. The Morgan fingerprint density at radius 3 is 2.33 bits per heavy atom. The van der Waals surface area contributed by atoms with Crippen LogP contribution in [0.5, 0.6) is 0 Å². The molecule has 1 aromatic rings. The Kier molecular flexibility index (Phi) is 3.37. The van der Waals surface area contributed by atoms with Crippen molar-refractivity contribution in [1.82, 2.24) is 4.90 Å². The first-order valence-electron chi connectivity index (χ1n) is 7.32. The van der Waals surface area contributed by atoms with Crippen LogP contribution in [-0.4, -0.2) is 37.1 Å². The molecule has 0 N–H and O–H groups in total. The van der Waals surface area contributed by atoms with E-state index in [0.29, 0.717) is 11.7 Å². The van der Waals surface area contributed by atoms with Crippen molar-refractivity contribution in [3.05, 3.63) is 29.3 Å². The van der Waals surface area contributed by atoms with Crippen LogP contribution in [0.25, 0.3) is 0 Å². The van der Waals surface area contributed by atoms with Crippen molar-refractivity contribution in [2.45, 2.75) is 26.3 Å². The lowest BCUT2D eigenvalue weighted by molar-refractivity contribution is -0.00561. The highest BCUT2D eigenvalue weighted by molar-refractivity contribution is 5.52. The maximum Gasteiger partial charge on any atom is 0.146 e. The molecule has 2 heterocycles. The lowest BCUT2D eigenvalue weighted by atomic mass is 9.78. The van der Waals surface area contributed by atoms with Gasteiger partial charge in [-0.25, -0.2) is 8.78 Å². The molecule has 0 radical (unpaired) electrons. The van der Waals surface area contributed by atoms with E-state index < -0.39 is 17.2 Å². The van der Waals surface area contributed by atoms with Gasteiger partial charge in [0.1, 0.15) is 23.3 Å². The summed E-state index contributed by atoms with van der Waals surface area (Å²) >= 11 is 0. The monoisotopic (exact) mass is 291 g/mol. The normalized spacial score (nSPS) is 20.9. The summed E-state index contributed by atoms with van der Waals surface area (Å²) in [6, 6.07) is 4.67. The molecule has 1 spiro atoms. The smallest absolute Gasteiger partial charge is 0.146 e. The molecule has 0 unspecified atom stereocenters. The molecular weight excluding hydrogens is 272 g/mol. The van der Waals surface area contributed by atoms with Crippen LogP contribution in [-0.2, 0) is 0 Å². The third-order valence-electron chi connectivity index (χ3n) is 4.75. The zero-order valence-electron chi connectivity index (χ0n) is 12.4. The maximum atomic E-state index is 13.7. The van der Waals surface area contributed by atoms with Crippen molar-refractivity contribution in [1.29, 1.82) is 5.26 Å². The molecule has 0 aliphatic carbocycles. The summed E-state index contributed by atoms with van der Waals surface area (Å²) in [6.07, 6.45) is 1.06. The van der Waals surface area contributed by atoms with Crippen molar-refractivity contribution in [2.24, 2.45) is 5.41 Å². The quantitative estimate of drug-likeness (QED) is 0.839. The molecule has 1 aromatic carbocycles. The highest BCUT2D eigenvalue weighted by Crippen LogP contribution is 2.42. The molecule has 0 atom stereocenters. The number of halogens is 2. The average Bonchev–Trinajstić information content (AvgIpc) is 2.81. The van der Waals surface area contributed by atoms with E-state index in [0.717, 1.165) is 32.6 Å². The van der Waals surface area contributed by atoms with Gasteiger partial charge in [0.2, 0.25) is 0 Å². The van der Waals surface area contributed by atoms with Gasteiger partial charge in [-0.2, -0.15) is 5.26 Å². The van der Waals surface area contributed by atoms with Crippen molar-refractivity contribution in [2.75, 3.05) is 31.1 Å². The van der Waals surface area contributed by atoms with Gasteiger partial charge in [-0.3, -0.25) is 4.90 Å². The molecule has 3 nitrogen and oxygen atoms in total. The van der Waals surface area contributed by atoms with E-state index in [-0.39, 0.29) is 5.41 Å². The summed E-state index contributed by atoms with van der Waals surface area (Å²) in [7, 11) is 0. The average molecular weight is 291 g/mol. The number of rotatable bonds is 2. The van der Waals surface area contributed by atoms with Gasteiger partial charge in [-0.05, 0) is 32.4 Å². The van der Waals surface area contributed by atoms with Gasteiger partial charge in [-0.1, -0.05) is 0 Å². The molecule has 0 saturated carbocycles. The highest BCUT2D eigenvalue weighted by atomic mass is 19.1. The Morgan fingerprint density at radius 2 is 1.81 bits per heavy atom. The van der Waals surface area contributed by atoms with E-state index in [1.807, 2.05) is 4.90 Å². The number of likely N-dealkylation sites (tertiary alicyclic amines) is 1. The Labute approximate surface area is 123 Å². The highest BCUT2D eigenvalue weighted by Gasteiger charge is 2.48. The van der Waals surface area contributed by atoms with E-state index >= 15 is 0 Å². The number of nitriles is 1. The number of benzene rings is 1. The van der Waals surface area contributed by atoms with E-state index in [2.05, 4.69) is 18.7 Å². The molecule has 21 heavy (non-hydrogen) atoms. The largest absolute Gasteiger partial charge is 0.371 e. The van der Waals surface area contributed by atoms with Crippen LogP contribution >= 0.6 is 0 Å². The van der Waals surface area contributed by atoms with Crippen molar-refractivity contribution in [3.8, 4) is 6.07 Å². The minimum Gasteiger partial charge on any atom is -0.371 e. The van der Waals surface area contributed by atoms with E-state index in [9.17, 15) is 8.78 Å². The van der Waals surface area contributed by atoms with Gasteiger partial charge in [0.25, 0.3) is 0 Å². The third-order valence-corrected chi connectivity index (χ3v) is 4.75. The van der Waals surface area contributed by atoms with Gasteiger partial charge in [0.05, 0.1) is 0 Å². The number of nitrogens with zero attached hydrogens (tertiary/aromatic N) is 3. The predicted octanol–water partition coefficient (Wildman–Crippen LogP) is 2.76. The first kappa shape index (κ1) is 14.3. The first-order valence-corrected chi connectivity index (χ1v) is 7.32. The molecule has 2 aliphatic heterocycles. The van der Waals surface area contributed by atoms with Gasteiger partial charge in [0, 0.05) is 43.3 Å². The standard InChI is InChI=1S/C16H19F2N3/c1-11(2)21-9-16(10-21)3-4-20(8-16)12-5-14(17)13(7-19)15(18)6-12/h5-6,11H,3-4,8-10H2,1-2H3. The van der Waals surface area contributed by atoms with Gasteiger partial charge in [0.15, 0.2) is 0 Å². The fourth-order valence-electron chi connectivity index (χ4n) is 3.44. The SMILES string of the molecule is CC(C)N1CC2(CCN(c3cc(F)c(C#N)c(F)c3)C2)C1. The van der Waals surface area contributed by atoms with Gasteiger partial charge in [-0.15, -0.1) is 0 Å². The van der Waals surface area contributed by atoms with E-state index in [1.54, 1.807) is 6.07 Å². The van der Waals surface area contributed by atoms with E-state index in [1.165, 1.54) is 12.1 Å². The van der Waals surface area contributed by atoms with Crippen LogP contribution in [0.1, 0.15) is 25.8 Å². The van der Waals surface area contributed by atoms with Crippen molar-refractivity contribution < 1.29 is 8.78 Å². The lowest BCUT2D eigenvalue weighted by Crippen LogP contribution is -2.59. The number of hydrogen-bond acceptors (Lipinski definition) is 3. The van der Waals surface area contributed by atoms with Crippen LogP contribution < -0.4 is 4.90 Å². The maximum absolute atomic E-state index is 13.7. The summed E-state index contributed by atoms with van der Waals surface area (Å²) in [5, 5.41) is 8.72. The summed E-state index contributed by atoms with van der Waals surface area (Å²) in [5.74, 6) is -1.54. The molecular formula is C16H19F2N3. The Hall–Kier alpha value is -1.67. The van der Waals surface area contributed by atoms with Crippen LogP contribution in [0.3, 0.4) is 0 Å². The molecule has 2 fully saturated rings. The summed E-state index contributed by atoms with van der Waals surface area (Å²) in [6.45, 7) is 8.14. The second-order valence-corrected chi connectivity index (χ2v) is 6.57. The Morgan fingerprint density at radius 1 is 1.19 bits per heavy atom. The Bertz CT molecular complexity index is 577. The summed E-state index contributed by atoms with van der Waals surface area (Å²) in [5.41, 5.74) is 0.316. The second kappa shape index (κ2) is 4.96. The molecule has 0 amide bonds. The minimum absolute atomic E-state index is 0.269. The molecule has 3 rings (SSSR count). The lowest BCUT2D eigenvalue weighted by Gasteiger charge is -2.50. The van der Waals surface area contributed by atoms with E-state index in [4.69, 9.17) is 5.26 Å². The second-order valence-electron chi connectivity index (χ2n) is 6.57.